The van der Waals surface area contributed by atoms with Crippen LogP contribution in [0.4, 0.5) is 0 Å². The molecule has 0 aliphatic rings. The minimum Gasteiger partial charge on any atom is -0.328 e. The summed E-state index contributed by atoms with van der Waals surface area (Å²) < 4.78 is 0. The van der Waals surface area contributed by atoms with E-state index in [0.717, 1.165) is 18.3 Å². The molecule has 1 heteroatoms. The molecule has 0 aliphatic carbocycles. The standard InChI is InChI=1S/C10H23N/c1-5-10(11)7-9(4)6-8(2)3/h8-10H,5-7,11H2,1-4H3. The van der Waals surface area contributed by atoms with Crippen LogP contribution in [0.5, 0.6) is 0 Å². The van der Waals surface area contributed by atoms with Crippen molar-refractivity contribution < 1.29 is 0 Å². The second-order valence-corrected chi connectivity index (χ2v) is 4.14. The molecule has 0 aromatic rings. The summed E-state index contributed by atoms with van der Waals surface area (Å²) in [7, 11) is 0. The van der Waals surface area contributed by atoms with Crippen molar-refractivity contribution in [2.45, 2.75) is 53.0 Å². The summed E-state index contributed by atoms with van der Waals surface area (Å²) in [5.41, 5.74) is 5.85. The van der Waals surface area contributed by atoms with Crippen molar-refractivity contribution >= 4 is 0 Å². The molecule has 0 aliphatic heterocycles. The van der Waals surface area contributed by atoms with Gasteiger partial charge in [0.25, 0.3) is 0 Å². The zero-order chi connectivity index (χ0) is 8.85. The lowest BCUT2D eigenvalue weighted by molar-refractivity contribution is 0.380. The van der Waals surface area contributed by atoms with Crippen LogP contribution in [-0.2, 0) is 0 Å². The van der Waals surface area contributed by atoms with E-state index >= 15 is 0 Å². The predicted molar refractivity (Wildman–Crippen MR) is 51.5 cm³/mol. The maximum absolute atomic E-state index is 5.85. The van der Waals surface area contributed by atoms with Crippen molar-refractivity contribution in [1.82, 2.24) is 0 Å². The Balaban J connectivity index is 3.43. The highest BCUT2D eigenvalue weighted by atomic mass is 14.6. The Morgan fingerprint density at radius 3 is 2.00 bits per heavy atom. The highest BCUT2D eigenvalue weighted by Gasteiger charge is 2.08. The third kappa shape index (κ3) is 6.36. The van der Waals surface area contributed by atoms with E-state index in [0.29, 0.717) is 6.04 Å². The molecular formula is C10H23N. The Bertz CT molecular complexity index is 88.9. The zero-order valence-electron chi connectivity index (χ0n) is 8.43. The van der Waals surface area contributed by atoms with Gasteiger partial charge in [-0.25, -0.2) is 0 Å². The first-order valence-electron chi connectivity index (χ1n) is 4.81. The van der Waals surface area contributed by atoms with E-state index in [9.17, 15) is 0 Å². The summed E-state index contributed by atoms with van der Waals surface area (Å²) in [6.45, 7) is 9.00. The van der Waals surface area contributed by atoms with Crippen LogP contribution in [0.2, 0.25) is 0 Å². The topological polar surface area (TPSA) is 26.0 Å². The lowest BCUT2D eigenvalue weighted by Gasteiger charge is -2.17. The Morgan fingerprint density at radius 2 is 1.64 bits per heavy atom. The molecule has 0 spiro atoms. The molecule has 0 radical (unpaired) electrons. The smallest absolute Gasteiger partial charge is 0.00387 e. The Kier molecular flexibility index (Phi) is 5.57. The molecule has 0 saturated heterocycles. The molecule has 0 fully saturated rings. The minimum atomic E-state index is 0.420. The maximum atomic E-state index is 5.85. The van der Waals surface area contributed by atoms with Crippen molar-refractivity contribution in [3.8, 4) is 0 Å². The number of nitrogens with two attached hydrogens (primary N) is 1. The van der Waals surface area contributed by atoms with Gasteiger partial charge >= 0.3 is 0 Å². The summed E-state index contributed by atoms with van der Waals surface area (Å²) in [5, 5.41) is 0. The van der Waals surface area contributed by atoms with Gasteiger partial charge in [-0.15, -0.1) is 0 Å². The molecule has 0 saturated carbocycles. The summed E-state index contributed by atoms with van der Waals surface area (Å²) in [5.74, 6) is 1.61. The van der Waals surface area contributed by atoms with Crippen molar-refractivity contribution in [3.05, 3.63) is 0 Å². The summed E-state index contributed by atoms with van der Waals surface area (Å²) in [6, 6.07) is 0.420. The van der Waals surface area contributed by atoms with Gasteiger partial charge in [-0.3, -0.25) is 0 Å². The van der Waals surface area contributed by atoms with E-state index in [2.05, 4.69) is 27.7 Å². The van der Waals surface area contributed by atoms with Crippen LogP contribution in [0.15, 0.2) is 0 Å². The molecule has 0 heterocycles. The van der Waals surface area contributed by atoms with E-state index in [1.165, 1.54) is 12.8 Å². The quantitative estimate of drug-likeness (QED) is 0.652. The van der Waals surface area contributed by atoms with Crippen LogP contribution in [0.3, 0.4) is 0 Å². The average Bonchev–Trinajstić information content (AvgIpc) is 1.85. The van der Waals surface area contributed by atoms with Gasteiger partial charge in [-0.1, -0.05) is 27.7 Å². The van der Waals surface area contributed by atoms with Crippen LogP contribution in [0, 0.1) is 11.8 Å². The van der Waals surface area contributed by atoms with E-state index < -0.39 is 0 Å². The molecule has 2 atom stereocenters. The van der Waals surface area contributed by atoms with Gasteiger partial charge in [-0.05, 0) is 31.1 Å². The van der Waals surface area contributed by atoms with Gasteiger partial charge < -0.3 is 5.73 Å². The largest absolute Gasteiger partial charge is 0.328 e. The molecule has 11 heavy (non-hydrogen) atoms. The third-order valence-corrected chi connectivity index (χ3v) is 2.10. The predicted octanol–water partition coefficient (Wildman–Crippen LogP) is 2.80. The van der Waals surface area contributed by atoms with Crippen molar-refractivity contribution in [2.75, 3.05) is 0 Å². The maximum Gasteiger partial charge on any atom is 0.00387 e. The van der Waals surface area contributed by atoms with Crippen LogP contribution < -0.4 is 5.73 Å². The number of hydrogen-bond donors (Lipinski definition) is 1. The van der Waals surface area contributed by atoms with Crippen molar-refractivity contribution in [2.24, 2.45) is 17.6 Å². The van der Waals surface area contributed by atoms with E-state index in [1.807, 2.05) is 0 Å². The summed E-state index contributed by atoms with van der Waals surface area (Å²) in [6.07, 6.45) is 3.62. The molecule has 0 rings (SSSR count). The van der Waals surface area contributed by atoms with Crippen LogP contribution in [0.1, 0.15) is 47.0 Å². The normalized spacial score (nSPS) is 16.9. The number of hydrogen-bond acceptors (Lipinski definition) is 1. The SMILES string of the molecule is CCC(N)CC(C)CC(C)C. The summed E-state index contributed by atoms with van der Waals surface area (Å²) >= 11 is 0. The molecular weight excluding hydrogens is 134 g/mol. The van der Waals surface area contributed by atoms with Gasteiger partial charge in [0.15, 0.2) is 0 Å². The Labute approximate surface area is 71.4 Å². The van der Waals surface area contributed by atoms with E-state index in [1.54, 1.807) is 0 Å². The molecule has 0 aromatic heterocycles. The lowest BCUT2D eigenvalue weighted by atomic mass is 9.92. The fourth-order valence-corrected chi connectivity index (χ4v) is 1.58. The fraction of sp³-hybridized carbons (Fsp3) is 1.00. The van der Waals surface area contributed by atoms with Crippen molar-refractivity contribution in [1.29, 1.82) is 0 Å². The van der Waals surface area contributed by atoms with Crippen LogP contribution >= 0.6 is 0 Å². The van der Waals surface area contributed by atoms with Gasteiger partial charge in [-0.2, -0.15) is 0 Å². The van der Waals surface area contributed by atoms with Gasteiger partial charge in [0.2, 0.25) is 0 Å². The molecule has 2 N–H and O–H groups in total. The van der Waals surface area contributed by atoms with Gasteiger partial charge in [0.1, 0.15) is 0 Å². The average molecular weight is 157 g/mol. The third-order valence-electron chi connectivity index (χ3n) is 2.10. The van der Waals surface area contributed by atoms with Crippen LogP contribution in [-0.4, -0.2) is 6.04 Å². The minimum absolute atomic E-state index is 0.420. The van der Waals surface area contributed by atoms with Gasteiger partial charge in [0, 0.05) is 6.04 Å². The first kappa shape index (κ1) is 11.0. The molecule has 2 unspecified atom stereocenters. The van der Waals surface area contributed by atoms with Gasteiger partial charge in [0.05, 0.1) is 0 Å². The first-order chi connectivity index (χ1) is 5.06. The van der Waals surface area contributed by atoms with E-state index in [4.69, 9.17) is 5.73 Å². The molecule has 0 aromatic carbocycles. The summed E-state index contributed by atoms with van der Waals surface area (Å²) in [4.78, 5) is 0. The first-order valence-corrected chi connectivity index (χ1v) is 4.81. The fourth-order valence-electron chi connectivity index (χ4n) is 1.58. The molecule has 0 amide bonds. The zero-order valence-corrected chi connectivity index (χ0v) is 8.43. The monoisotopic (exact) mass is 157 g/mol. The molecule has 0 bridgehead atoms. The van der Waals surface area contributed by atoms with E-state index in [-0.39, 0.29) is 0 Å². The number of rotatable bonds is 5. The van der Waals surface area contributed by atoms with Crippen molar-refractivity contribution in [3.63, 3.8) is 0 Å². The highest BCUT2D eigenvalue weighted by molar-refractivity contribution is 4.64. The molecule has 1 nitrogen and oxygen atoms in total. The Morgan fingerprint density at radius 1 is 1.09 bits per heavy atom. The lowest BCUT2D eigenvalue weighted by Crippen LogP contribution is -2.22. The highest BCUT2D eigenvalue weighted by Crippen LogP contribution is 2.16. The second-order valence-electron chi connectivity index (χ2n) is 4.14. The molecule has 68 valence electrons. The van der Waals surface area contributed by atoms with Crippen LogP contribution in [0.25, 0.3) is 0 Å². The second kappa shape index (κ2) is 5.59. The Hall–Kier alpha value is -0.0400.